The van der Waals surface area contributed by atoms with E-state index in [1.807, 2.05) is 6.92 Å². The molecule has 0 amide bonds. The second kappa shape index (κ2) is 5.95. The Labute approximate surface area is 118 Å². The normalized spacial score (nSPS) is 11.5. The fourth-order valence-corrected chi connectivity index (χ4v) is 1.71. The fraction of sp³-hybridized carbons (Fsp3) is 0.364. The number of hydrogen-bond acceptors (Lipinski definition) is 6. The van der Waals surface area contributed by atoms with Crippen molar-refractivity contribution in [2.75, 3.05) is 10.7 Å². The van der Waals surface area contributed by atoms with Gasteiger partial charge in [0.2, 0.25) is 0 Å². The van der Waals surface area contributed by atoms with Crippen molar-refractivity contribution < 1.29 is 13.2 Å². The van der Waals surface area contributed by atoms with Gasteiger partial charge in [0, 0.05) is 6.54 Å². The van der Waals surface area contributed by atoms with Gasteiger partial charge >= 0.3 is 6.18 Å². The average molecular weight is 301 g/mol. The van der Waals surface area contributed by atoms with E-state index in [-0.39, 0.29) is 18.2 Å². The van der Waals surface area contributed by atoms with Crippen molar-refractivity contribution in [3.8, 4) is 0 Å². The Bertz CT molecular complexity index is 608. The van der Waals surface area contributed by atoms with Crippen LogP contribution in [0.5, 0.6) is 0 Å². The van der Waals surface area contributed by atoms with Crippen LogP contribution in [0.4, 0.5) is 24.8 Å². The second-order valence-electron chi connectivity index (χ2n) is 4.16. The van der Waals surface area contributed by atoms with Crippen molar-refractivity contribution in [3.05, 3.63) is 29.8 Å². The van der Waals surface area contributed by atoms with E-state index < -0.39 is 11.7 Å². The molecule has 2 heterocycles. The molecule has 0 aliphatic rings. The number of aromatic nitrogens is 4. The van der Waals surface area contributed by atoms with Gasteiger partial charge in [-0.2, -0.15) is 13.2 Å². The number of hydrogen-bond donors (Lipinski definition) is 3. The quantitative estimate of drug-likeness (QED) is 0.574. The maximum absolute atomic E-state index is 12.8. The number of aryl methyl sites for hydroxylation is 1. The zero-order chi connectivity index (χ0) is 15.5. The maximum atomic E-state index is 12.8. The summed E-state index contributed by atoms with van der Waals surface area (Å²) >= 11 is 0. The molecule has 0 bridgehead atoms. The molecular weight excluding hydrogens is 287 g/mol. The van der Waals surface area contributed by atoms with Gasteiger partial charge in [-0.05, 0) is 19.1 Å². The molecule has 0 spiro atoms. The van der Waals surface area contributed by atoms with E-state index in [2.05, 4.69) is 25.9 Å². The van der Waals surface area contributed by atoms with Gasteiger partial charge in [0.1, 0.15) is 18.0 Å². The van der Waals surface area contributed by atoms with Crippen molar-refractivity contribution >= 4 is 11.6 Å². The minimum absolute atomic E-state index is 0.0448. The van der Waals surface area contributed by atoms with Crippen molar-refractivity contribution in [3.63, 3.8) is 0 Å². The summed E-state index contributed by atoms with van der Waals surface area (Å²) in [5.74, 6) is 5.69. The standard InChI is InChI=1S/C11H14F3N7/c1-2-21-6-17-20-10(21)5-16-8-3-7(11(12,13)14)4-9(18-8)19-15/h3-4,6H,2,5,15H2,1H3,(H2,16,18,19). The maximum Gasteiger partial charge on any atom is 0.416 e. The molecule has 0 saturated heterocycles. The van der Waals surface area contributed by atoms with Gasteiger partial charge in [-0.1, -0.05) is 0 Å². The first-order valence-corrected chi connectivity index (χ1v) is 6.10. The van der Waals surface area contributed by atoms with Crippen molar-refractivity contribution in [1.29, 1.82) is 0 Å². The summed E-state index contributed by atoms with van der Waals surface area (Å²) in [6.45, 7) is 2.77. The van der Waals surface area contributed by atoms with Gasteiger partial charge < -0.3 is 15.3 Å². The minimum Gasteiger partial charge on any atom is -0.363 e. The third-order valence-electron chi connectivity index (χ3n) is 2.76. The van der Waals surface area contributed by atoms with Crippen LogP contribution in [0.1, 0.15) is 18.3 Å². The zero-order valence-electron chi connectivity index (χ0n) is 11.1. The summed E-state index contributed by atoms with van der Waals surface area (Å²) in [6.07, 6.45) is -2.93. The smallest absolute Gasteiger partial charge is 0.363 e. The highest BCUT2D eigenvalue weighted by molar-refractivity contribution is 5.49. The van der Waals surface area contributed by atoms with Crippen LogP contribution in [0.15, 0.2) is 18.5 Å². The first-order chi connectivity index (χ1) is 9.94. The van der Waals surface area contributed by atoms with Crippen LogP contribution in [0, 0.1) is 0 Å². The Balaban J connectivity index is 2.19. The first-order valence-electron chi connectivity index (χ1n) is 6.10. The molecule has 7 nitrogen and oxygen atoms in total. The zero-order valence-corrected chi connectivity index (χ0v) is 11.1. The number of halogens is 3. The summed E-state index contributed by atoms with van der Waals surface area (Å²) in [6, 6.07) is 1.74. The SMILES string of the molecule is CCn1cnnc1CNc1cc(C(F)(F)F)cc(NN)n1. The van der Waals surface area contributed by atoms with Crippen LogP contribution < -0.4 is 16.6 Å². The van der Waals surface area contributed by atoms with Gasteiger partial charge in [0.15, 0.2) is 5.82 Å². The number of nitrogen functional groups attached to an aromatic ring is 1. The Morgan fingerprint density at radius 3 is 2.62 bits per heavy atom. The predicted octanol–water partition coefficient (Wildman–Crippen LogP) is 1.61. The van der Waals surface area contributed by atoms with Crippen LogP contribution in [0.2, 0.25) is 0 Å². The number of alkyl halides is 3. The minimum atomic E-state index is -4.48. The van der Waals surface area contributed by atoms with Crippen molar-refractivity contribution in [2.24, 2.45) is 5.84 Å². The average Bonchev–Trinajstić information content (AvgIpc) is 2.91. The molecule has 0 aromatic carbocycles. The largest absolute Gasteiger partial charge is 0.416 e. The highest BCUT2D eigenvalue weighted by Gasteiger charge is 2.31. The molecule has 0 aliphatic carbocycles. The first kappa shape index (κ1) is 15.0. The molecule has 21 heavy (non-hydrogen) atoms. The lowest BCUT2D eigenvalue weighted by Crippen LogP contribution is -2.14. The Kier molecular flexibility index (Phi) is 4.26. The van der Waals surface area contributed by atoms with E-state index >= 15 is 0 Å². The summed E-state index contributed by atoms with van der Waals surface area (Å²) in [7, 11) is 0. The molecule has 0 aliphatic heterocycles. The number of hydrazine groups is 1. The Hall–Kier alpha value is -2.36. The third kappa shape index (κ3) is 3.60. The van der Waals surface area contributed by atoms with E-state index in [0.717, 1.165) is 12.1 Å². The lowest BCUT2D eigenvalue weighted by molar-refractivity contribution is -0.137. The molecule has 0 radical (unpaired) electrons. The predicted molar refractivity (Wildman–Crippen MR) is 70.1 cm³/mol. The second-order valence-corrected chi connectivity index (χ2v) is 4.16. The monoisotopic (exact) mass is 301 g/mol. The van der Waals surface area contributed by atoms with Gasteiger partial charge in [-0.15, -0.1) is 10.2 Å². The molecule has 0 atom stereocenters. The van der Waals surface area contributed by atoms with Gasteiger partial charge in [0.05, 0.1) is 12.1 Å². The van der Waals surface area contributed by atoms with Crippen LogP contribution in [-0.4, -0.2) is 19.7 Å². The Morgan fingerprint density at radius 1 is 1.29 bits per heavy atom. The summed E-state index contributed by atoms with van der Waals surface area (Å²) in [4.78, 5) is 3.92. The molecule has 4 N–H and O–H groups in total. The van der Waals surface area contributed by atoms with Crippen LogP contribution in [0.3, 0.4) is 0 Å². The number of nitrogens with zero attached hydrogens (tertiary/aromatic N) is 4. The number of nitrogens with two attached hydrogens (primary N) is 1. The lowest BCUT2D eigenvalue weighted by Gasteiger charge is -2.12. The summed E-state index contributed by atoms with van der Waals surface area (Å²) in [5, 5.41) is 10.4. The van der Waals surface area contributed by atoms with E-state index in [9.17, 15) is 13.2 Å². The van der Waals surface area contributed by atoms with E-state index in [1.54, 1.807) is 10.9 Å². The molecule has 2 aromatic heterocycles. The van der Waals surface area contributed by atoms with Crippen LogP contribution >= 0.6 is 0 Å². The molecule has 0 unspecified atom stereocenters. The van der Waals surface area contributed by atoms with Crippen LogP contribution in [0.25, 0.3) is 0 Å². The number of pyridine rings is 1. The topological polar surface area (TPSA) is 93.7 Å². The summed E-state index contributed by atoms with van der Waals surface area (Å²) in [5.41, 5.74) is 1.27. The fourth-order valence-electron chi connectivity index (χ4n) is 1.71. The number of rotatable bonds is 5. The lowest BCUT2D eigenvalue weighted by atomic mass is 10.2. The van der Waals surface area contributed by atoms with Crippen molar-refractivity contribution in [2.45, 2.75) is 26.2 Å². The van der Waals surface area contributed by atoms with Gasteiger partial charge in [-0.25, -0.2) is 10.8 Å². The van der Waals surface area contributed by atoms with Gasteiger partial charge in [0.25, 0.3) is 0 Å². The van der Waals surface area contributed by atoms with Gasteiger partial charge in [-0.3, -0.25) is 0 Å². The van der Waals surface area contributed by atoms with Crippen LogP contribution in [-0.2, 0) is 19.3 Å². The number of anilines is 2. The molecule has 0 saturated carbocycles. The van der Waals surface area contributed by atoms with E-state index in [0.29, 0.717) is 12.4 Å². The highest BCUT2D eigenvalue weighted by atomic mass is 19.4. The molecule has 2 rings (SSSR count). The third-order valence-corrected chi connectivity index (χ3v) is 2.76. The molecule has 2 aromatic rings. The highest BCUT2D eigenvalue weighted by Crippen LogP contribution is 2.31. The van der Waals surface area contributed by atoms with Crippen molar-refractivity contribution in [1.82, 2.24) is 19.7 Å². The summed E-state index contributed by atoms with van der Waals surface area (Å²) < 4.78 is 40.1. The van der Waals surface area contributed by atoms with E-state index in [1.165, 1.54) is 0 Å². The Morgan fingerprint density at radius 2 is 2.00 bits per heavy atom. The van der Waals surface area contributed by atoms with E-state index in [4.69, 9.17) is 5.84 Å². The molecule has 114 valence electrons. The molecule has 10 heteroatoms. The molecular formula is C11H14F3N7. The number of nitrogens with one attached hydrogen (secondary N) is 2. The molecule has 0 fully saturated rings.